The molecule has 92 valence electrons. The number of piperidine rings is 1. The highest BCUT2D eigenvalue weighted by Gasteiger charge is 2.34. The number of nitrogens with one attached hydrogen (secondary N) is 1. The largest absolute Gasteiger partial charge is 0.382 e. The highest BCUT2D eigenvalue weighted by Crippen LogP contribution is 2.30. The third-order valence-electron chi connectivity index (χ3n) is 4.37. The van der Waals surface area contributed by atoms with Crippen LogP contribution in [-0.4, -0.2) is 30.6 Å². The van der Waals surface area contributed by atoms with E-state index in [-0.39, 0.29) is 0 Å². The summed E-state index contributed by atoms with van der Waals surface area (Å²) in [6.45, 7) is 6.14. The van der Waals surface area contributed by atoms with Gasteiger partial charge < -0.3 is 10.2 Å². The number of hydrogen-bond acceptors (Lipinski definition) is 2. The van der Waals surface area contributed by atoms with Crippen LogP contribution in [0.1, 0.15) is 25.3 Å². The molecule has 0 aliphatic carbocycles. The molecule has 0 aromatic heterocycles. The van der Waals surface area contributed by atoms with Crippen LogP contribution in [0.5, 0.6) is 0 Å². The Bertz CT molecular complexity index is 388. The first-order chi connectivity index (χ1) is 8.36. The number of benzene rings is 1. The molecule has 3 unspecified atom stereocenters. The Labute approximate surface area is 104 Å². The molecule has 3 rings (SSSR count). The van der Waals surface area contributed by atoms with Crippen LogP contribution in [0.25, 0.3) is 0 Å². The van der Waals surface area contributed by atoms with Gasteiger partial charge in [0, 0.05) is 24.8 Å². The molecule has 3 atom stereocenters. The second kappa shape index (κ2) is 4.69. The van der Waals surface area contributed by atoms with E-state index in [9.17, 15) is 0 Å². The van der Waals surface area contributed by atoms with Gasteiger partial charge in [0.2, 0.25) is 0 Å². The summed E-state index contributed by atoms with van der Waals surface area (Å²) in [6.07, 6.45) is 3.81. The number of anilines is 1. The van der Waals surface area contributed by atoms with Crippen molar-refractivity contribution in [2.45, 2.75) is 32.2 Å². The van der Waals surface area contributed by atoms with Crippen LogP contribution >= 0.6 is 0 Å². The topological polar surface area (TPSA) is 15.3 Å². The van der Waals surface area contributed by atoms with Crippen LogP contribution < -0.4 is 5.32 Å². The minimum absolute atomic E-state index is 0.696. The Hall–Kier alpha value is -1.02. The number of fused-ring (bicyclic) bond motifs is 2. The van der Waals surface area contributed by atoms with E-state index in [1.807, 2.05) is 0 Å². The third kappa shape index (κ3) is 2.19. The Morgan fingerprint density at radius 3 is 2.94 bits per heavy atom. The molecular formula is C15H22N2. The lowest BCUT2D eigenvalue weighted by molar-refractivity contribution is 0.255. The number of para-hydroxylation sites is 1. The highest BCUT2D eigenvalue weighted by molar-refractivity contribution is 5.52. The van der Waals surface area contributed by atoms with Gasteiger partial charge in [0.15, 0.2) is 0 Å². The van der Waals surface area contributed by atoms with Crippen molar-refractivity contribution in [1.82, 2.24) is 4.90 Å². The molecule has 0 spiro atoms. The fraction of sp³-hybridized carbons (Fsp3) is 0.600. The molecule has 1 aromatic rings. The molecule has 1 aromatic carbocycles. The maximum absolute atomic E-state index is 3.80. The van der Waals surface area contributed by atoms with E-state index in [1.165, 1.54) is 43.7 Å². The number of nitrogens with zero attached hydrogens (tertiary/aromatic N) is 1. The third-order valence-corrected chi connectivity index (χ3v) is 4.37. The van der Waals surface area contributed by atoms with Gasteiger partial charge in [-0.1, -0.05) is 25.1 Å². The van der Waals surface area contributed by atoms with Gasteiger partial charge in [0.05, 0.1) is 0 Å². The van der Waals surface area contributed by atoms with Crippen molar-refractivity contribution >= 4 is 5.69 Å². The van der Waals surface area contributed by atoms with Crippen molar-refractivity contribution in [3.8, 4) is 0 Å². The lowest BCUT2D eigenvalue weighted by Crippen LogP contribution is -2.39. The molecule has 0 radical (unpaired) electrons. The Kier molecular flexibility index (Phi) is 3.06. The van der Waals surface area contributed by atoms with Crippen LogP contribution in [0.2, 0.25) is 0 Å². The molecule has 1 N–H and O–H groups in total. The SMILES string of the molecule is CCc1ccccc1NC1CCN2CCC1C2. The number of hydrogen-bond donors (Lipinski definition) is 1. The van der Waals surface area contributed by atoms with E-state index in [1.54, 1.807) is 0 Å². The fourth-order valence-electron chi connectivity index (χ4n) is 3.31. The molecule has 17 heavy (non-hydrogen) atoms. The molecule has 2 fully saturated rings. The molecule has 2 aliphatic rings. The lowest BCUT2D eigenvalue weighted by Gasteiger charge is -2.32. The van der Waals surface area contributed by atoms with Gasteiger partial charge in [0.25, 0.3) is 0 Å². The zero-order chi connectivity index (χ0) is 11.7. The van der Waals surface area contributed by atoms with Crippen LogP contribution in [-0.2, 0) is 6.42 Å². The number of rotatable bonds is 3. The quantitative estimate of drug-likeness (QED) is 0.859. The van der Waals surface area contributed by atoms with Crippen LogP contribution in [0.15, 0.2) is 24.3 Å². The minimum atomic E-state index is 0.696. The molecule has 2 heterocycles. The monoisotopic (exact) mass is 230 g/mol. The lowest BCUT2D eigenvalue weighted by atomic mass is 9.93. The van der Waals surface area contributed by atoms with Gasteiger partial charge in [0.1, 0.15) is 0 Å². The first-order valence-electron chi connectivity index (χ1n) is 6.93. The summed E-state index contributed by atoms with van der Waals surface area (Å²) in [7, 11) is 0. The van der Waals surface area contributed by atoms with Crippen molar-refractivity contribution in [3.63, 3.8) is 0 Å². The van der Waals surface area contributed by atoms with E-state index in [2.05, 4.69) is 41.4 Å². The van der Waals surface area contributed by atoms with Crippen molar-refractivity contribution in [3.05, 3.63) is 29.8 Å². The first-order valence-corrected chi connectivity index (χ1v) is 6.93. The van der Waals surface area contributed by atoms with Gasteiger partial charge in [-0.15, -0.1) is 0 Å². The van der Waals surface area contributed by atoms with Gasteiger partial charge in [-0.25, -0.2) is 0 Å². The average Bonchev–Trinajstić information content (AvgIpc) is 2.76. The van der Waals surface area contributed by atoms with Gasteiger partial charge in [-0.2, -0.15) is 0 Å². The van der Waals surface area contributed by atoms with Gasteiger partial charge in [-0.3, -0.25) is 0 Å². The summed E-state index contributed by atoms with van der Waals surface area (Å²) in [5, 5.41) is 3.80. The van der Waals surface area contributed by atoms with Gasteiger partial charge >= 0.3 is 0 Å². The van der Waals surface area contributed by atoms with E-state index >= 15 is 0 Å². The molecule has 2 saturated heterocycles. The Morgan fingerprint density at radius 2 is 2.06 bits per heavy atom. The predicted molar refractivity (Wildman–Crippen MR) is 72.4 cm³/mol. The van der Waals surface area contributed by atoms with Crippen LogP contribution in [0.4, 0.5) is 5.69 Å². The summed E-state index contributed by atoms with van der Waals surface area (Å²) in [5.41, 5.74) is 2.81. The normalized spacial score (nSPS) is 31.5. The molecule has 2 nitrogen and oxygen atoms in total. The van der Waals surface area contributed by atoms with Crippen LogP contribution in [0, 0.1) is 5.92 Å². The summed E-state index contributed by atoms with van der Waals surface area (Å²) in [4.78, 5) is 2.61. The smallest absolute Gasteiger partial charge is 0.0374 e. The highest BCUT2D eigenvalue weighted by atomic mass is 15.2. The summed E-state index contributed by atoms with van der Waals surface area (Å²) < 4.78 is 0. The van der Waals surface area contributed by atoms with E-state index < -0.39 is 0 Å². The Balaban J connectivity index is 1.73. The predicted octanol–water partition coefficient (Wildman–Crippen LogP) is 2.76. The Morgan fingerprint density at radius 1 is 1.24 bits per heavy atom. The second-order valence-electron chi connectivity index (χ2n) is 5.40. The molecule has 2 bridgehead atoms. The molecule has 0 amide bonds. The van der Waals surface area contributed by atoms with Crippen molar-refractivity contribution < 1.29 is 0 Å². The molecular weight excluding hydrogens is 208 g/mol. The molecule has 0 saturated carbocycles. The van der Waals surface area contributed by atoms with E-state index in [0.29, 0.717) is 6.04 Å². The van der Waals surface area contributed by atoms with E-state index in [4.69, 9.17) is 0 Å². The van der Waals surface area contributed by atoms with Crippen molar-refractivity contribution in [1.29, 1.82) is 0 Å². The van der Waals surface area contributed by atoms with Crippen molar-refractivity contribution in [2.75, 3.05) is 25.0 Å². The number of aryl methyl sites for hydroxylation is 1. The fourth-order valence-corrected chi connectivity index (χ4v) is 3.31. The minimum Gasteiger partial charge on any atom is -0.382 e. The maximum atomic E-state index is 3.80. The van der Waals surface area contributed by atoms with Crippen LogP contribution in [0.3, 0.4) is 0 Å². The zero-order valence-corrected chi connectivity index (χ0v) is 10.7. The van der Waals surface area contributed by atoms with Crippen molar-refractivity contribution in [2.24, 2.45) is 5.92 Å². The maximum Gasteiger partial charge on any atom is 0.0374 e. The van der Waals surface area contributed by atoms with Gasteiger partial charge in [-0.05, 0) is 43.4 Å². The molecule has 2 heteroatoms. The second-order valence-corrected chi connectivity index (χ2v) is 5.40. The molecule has 2 aliphatic heterocycles. The summed E-state index contributed by atoms with van der Waals surface area (Å²) in [5.74, 6) is 0.869. The van der Waals surface area contributed by atoms with E-state index in [0.717, 1.165) is 12.3 Å². The summed E-state index contributed by atoms with van der Waals surface area (Å²) >= 11 is 0. The average molecular weight is 230 g/mol. The summed E-state index contributed by atoms with van der Waals surface area (Å²) in [6, 6.07) is 9.46. The standard InChI is InChI=1S/C15H22N2/c1-2-12-5-3-4-6-14(12)16-15-8-10-17-9-7-13(15)11-17/h3-6,13,15-16H,2,7-11H2,1H3. The first kappa shape index (κ1) is 11.1. The zero-order valence-electron chi connectivity index (χ0n) is 10.7.